The molecule has 0 heterocycles. The first-order valence-corrected chi connectivity index (χ1v) is 10.5. The van der Waals surface area contributed by atoms with Crippen LogP contribution in [-0.4, -0.2) is 11.3 Å². The van der Waals surface area contributed by atoms with E-state index >= 15 is 0 Å². The summed E-state index contributed by atoms with van der Waals surface area (Å²) in [4.78, 5) is 5.84. The van der Waals surface area contributed by atoms with Crippen molar-refractivity contribution in [1.29, 1.82) is 0 Å². The number of nitrogens with zero attached hydrogens (tertiary/aromatic N) is 1. The molecule has 0 fully saturated rings. The Labute approximate surface area is 164 Å². The Morgan fingerprint density at radius 1 is 0.885 bits per heavy atom. The number of allylic oxidation sites excluding steroid dienone is 4. The molecule has 0 aliphatic rings. The first-order chi connectivity index (χ1) is 12.0. The Kier molecular flexibility index (Phi) is 11.9. The van der Waals surface area contributed by atoms with E-state index in [9.17, 15) is 0 Å². The van der Waals surface area contributed by atoms with Gasteiger partial charge < -0.3 is 4.84 Å². The molecule has 26 heavy (non-hydrogen) atoms. The van der Waals surface area contributed by atoms with Gasteiger partial charge in [0.25, 0.3) is 0 Å². The molecule has 0 aromatic carbocycles. The fourth-order valence-electron chi connectivity index (χ4n) is 2.66. The number of hydrogen-bond donors (Lipinski definition) is 0. The average molecular weight is 364 g/mol. The molecule has 2 nitrogen and oxygen atoms in total. The van der Waals surface area contributed by atoms with Gasteiger partial charge in [-0.05, 0) is 78.1 Å². The van der Waals surface area contributed by atoms with Crippen LogP contribution in [0.1, 0.15) is 114 Å². The zero-order valence-electron chi connectivity index (χ0n) is 19.2. The highest BCUT2D eigenvalue weighted by Crippen LogP contribution is 2.23. The Hall–Kier alpha value is -1.05. The molecule has 0 rings (SSSR count). The van der Waals surface area contributed by atoms with Crippen LogP contribution in [0.2, 0.25) is 0 Å². The lowest BCUT2D eigenvalue weighted by atomic mass is 9.91. The highest BCUT2D eigenvalue weighted by molar-refractivity contribution is 5.81. The van der Waals surface area contributed by atoms with Crippen molar-refractivity contribution in [3.8, 4) is 0 Å². The van der Waals surface area contributed by atoms with Gasteiger partial charge in [0.15, 0.2) is 0 Å². The number of rotatable bonds is 12. The fraction of sp³-hybridized carbons (Fsp3) is 0.792. The molecule has 2 heteroatoms. The predicted molar refractivity (Wildman–Crippen MR) is 118 cm³/mol. The lowest BCUT2D eigenvalue weighted by Crippen LogP contribution is -2.25. The van der Waals surface area contributed by atoms with Gasteiger partial charge in [0, 0.05) is 0 Å². The van der Waals surface area contributed by atoms with E-state index in [2.05, 4.69) is 79.6 Å². The molecule has 0 saturated carbocycles. The van der Waals surface area contributed by atoms with Crippen molar-refractivity contribution in [2.75, 3.05) is 0 Å². The van der Waals surface area contributed by atoms with E-state index in [-0.39, 0.29) is 5.60 Å². The van der Waals surface area contributed by atoms with Crippen LogP contribution in [-0.2, 0) is 4.84 Å². The molecule has 1 unspecified atom stereocenters. The molecule has 0 aliphatic heterocycles. The summed E-state index contributed by atoms with van der Waals surface area (Å²) >= 11 is 0. The van der Waals surface area contributed by atoms with E-state index in [1.54, 1.807) is 0 Å². The van der Waals surface area contributed by atoms with Gasteiger partial charge in [-0.2, -0.15) is 0 Å². The van der Waals surface area contributed by atoms with Crippen molar-refractivity contribution >= 4 is 5.71 Å². The maximum Gasteiger partial charge on any atom is 0.134 e. The lowest BCUT2D eigenvalue weighted by Gasteiger charge is -2.25. The van der Waals surface area contributed by atoms with Crippen LogP contribution in [0.5, 0.6) is 0 Å². The van der Waals surface area contributed by atoms with E-state index in [1.165, 1.54) is 11.1 Å². The summed E-state index contributed by atoms with van der Waals surface area (Å²) in [5, 5.41) is 4.39. The van der Waals surface area contributed by atoms with Gasteiger partial charge in [0.05, 0.1) is 5.71 Å². The first kappa shape index (κ1) is 24.9. The van der Waals surface area contributed by atoms with Gasteiger partial charge in [0.2, 0.25) is 0 Å². The van der Waals surface area contributed by atoms with Crippen LogP contribution in [0.15, 0.2) is 28.5 Å². The van der Waals surface area contributed by atoms with Crippen molar-refractivity contribution in [2.24, 2.45) is 10.6 Å². The van der Waals surface area contributed by atoms with Crippen molar-refractivity contribution in [2.45, 2.75) is 119 Å². The van der Waals surface area contributed by atoms with E-state index in [1.807, 2.05) is 0 Å². The summed E-state index contributed by atoms with van der Waals surface area (Å²) < 4.78 is 0. The molecule has 0 aromatic heterocycles. The molecule has 0 radical (unpaired) electrons. The number of hydrogen-bond acceptors (Lipinski definition) is 2. The van der Waals surface area contributed by atoms with Gasteiger partial charge in [0.1, 0.15) is 5.60 Å². The van der Waals surface area contributed by atoms with Crippen LogP contribution in [0, 0.1) is 5.41 Å². The highest BCUT2D eigenvalue weighted by Gasteiger charge is 2.22. The van der Waals surface area contributed by atoms with E-state index < -0.39 is 0 Å². The Balaban J connectivity index is 4.29. The van der Waals surface area contributed by atoms with Gasteiger partial charge in [-0.25, -0.2) is 0 Å². The van der Waals surface area contributed by atoms with E-state index in [4.69, 9.17) is 4.84 Å². The highest BCUT2D eigenvalue weighted by atomic mass is 16.6. The summed E-state index contributed by atoms with van der Waals surface area (Å²) in [6.45, 7) is 20.0. The maximum atomic E-state index is 5.84. The summed E-state index contributed by atoms with van der Waals surface area (Å²) in [5.74, 6) is 0. The molecular weight excluding hydrogens is 318 g/mol. The molecule has 0 spiro atoms. The first-order valence-electron chi connectivity index (χ1n) is 10.5. The molecule has 0 amide bonds. The van der Waals surface area contributed by atoms with Crippen LogP contribution in [0.4, 0.5) is 0 Å². The van der Waals surface area contributed by atoms with Gasteiger partial charge >= 0.3 is 0 Å². The Bertz CT molecular complexity index is 479. The predicted octanol–water partition coefficient (Wildman–Crippen LogP) is 8.24. The molecule has 0 bridgehead atoms. The second-order valence-electron chi connectivity index (χ2n) is 9.38. The molecule has 0 saturated heterocycles. The molecule has 1 atom stereocenters. The summed E-state index contributed by atoms with van der Waals surface area (Å²) in [6.07, 6.45) is 13.5. The zero-order chi connectivity index (χ0) is 20.2. The third-order valence-electron chi connectivity index (χ3n) is 4.92. The van der Waals surface area contributed by atoms with Crippen molar-refractivity contribution in [1.82, 2.24) is 0 Å². The van der Waals surface area contributed by atoms with E-state index in [0.29, 0.717) is 5.41 Å². The third kappa shape index (κ3) is 13.2. The second kappa shape index (κ2) is 12.4. The summed E-state index contributed by atoms with van der Waals surface area (Å²) in [5.41, 5.74) is 4.32. The van der Waals surface area contributed by atoms with Gasteiger partial charge in [-0.15, -0.1) is 0 Å². The van der Waals surface area contributed by atoms with Crippen LogP contribution in [0.25, 0.3) is 0 Å². The van der Waals surface area contributed by atoms with Crippen LogP contribution >= 0.6 is 0 Å². The van der Waals surface area contributed by atoms with Crippen LogP contribution < -0.4 is 0 Å². The monoisotopic (exact) mass is 363 g/mol. The zero-order valence-corrected chi connectivity index (χ0v) is 19.2. The van der Waals surface area contributed by atoms with Gasteiger partial charge in [-0.1, -0.05) is 69.5 Å². The minimum absolute atomic E-state index is 0.113. The topological polar surface area (TPSA) is 21.6 Å². The Morgan fingerprint density at radius 2 is 1.50 bits per heavy atom. The molecule has 0 aromatic rings. The van der Waals surface area contributed by atoms with Gasteiger partial charge in [-0.3, -0.25) is 0 Å². The standard InChI is InChI=1S/C24H45NO/c1-10-18-24(9,11-2)26-25-22(5)16-15-20(3)13-12-14-21(4)17-19-23(6,7)8/h13,17H,10-12,14-16,18-19H2,1-9H3/b20-13+,21-17+,25-22+. The van der Waals surface area contributed by atoms with Crippen molar-refractivity contribution < 1.29 is 4.84 Å². The SMILES string of the molecule is CCCC(C)(CC)O/N=C(\C)CC/C(C)=C/CC/C(C)=C/CC(C)(C)C. The minimum Gasteiger partial charge on any atom is -0.390 e. The molecule has 0 N–H and O–H groups in total. The average Bonchev–Trinajstić information content (AvgIpc) is 2.56. The summed E-state index contributed by atoms with van der Waals surface area (Å²) in [6, 6.07) is 0. The van der Waals surface area contributed by atoms with E-state index in [0.717, 1.165) is 57.1 Å². The fourth-order valence-corrected chi connectivity index (χ4v) is 2.66. The summed E-state index contributed by atoms with van der Waals surface area (Å²) in [7, 11) is 0. The third-order valence-corrected chi connectivity index (χ3v) is 4.92. The second-order valence-corrected chi connectivity index (χ2v) is 9.38. The molecule has 0 aliphatic carbocycles. The number of oxime groups is 1. The van der Waals surface area contributed by atoms with Crippen molar-refractivity contribution in [3.63, 3.8) is 0 Å². The molecule has 152 valence electrons. The van der Waals surface area contributed by atoms with Crippen LogP contribution in [0.3, 0.4) is 0 Å². The Morgan fingerprint density at radius 3 is 2.04 bits per heavy atom. The van der Waals surface area contributed by atoms with Crippen molar-refractivity contribution in [3.05, 3.63) is 23.3 Å². The quantitative estimate of drug-likeness (QED) is 0.194. The molecular formula is C24H45NO. The largest absolute Gasteiger partial charge is 0.390 e. The maximum absolute atomic E-state index is 5.84. The minimum atomic E-state index is -0.113. The lowest BCUT2D eigenvalue weighted by molar-refractivity contribution is -0.0387. The smallest absolute Gasteiger partial charge is 0.134 e. The normalized spacial score (nSPS) is 16.6.